The Labute approximate surface area is 134 Å². The number of H-pyrrole nitrogens is 1. The van der Waals surface area contributed by atoms with Crippen molar-refractivity contribution in [1.29, 1.82) is 0 Å². The molecule has 4 rings (SSSR count). The average molecular weight is 319 g/mol. The predicted molar refractivity (Wildman–Crippen MR) is 86.3 cm³/mol. The van der Waals surface area contributed by atoms with Gasteiger partial charge in [-0.05, 0) is 26.0 Å². The summed E-state index contributed by atoms with van der Waals surface area (Å²) in [7, 11) is 2.18. The first-order chi connectivity index (χ1) is 10.6. The van der Waals surface area contributed by atoms with Crippen LogP contribution in [0.1, 0.15) is 36.0 Å². The second kappa shape index (κ2) is 5.28. The van der Waals surface area contributed by atoms with E-state index in [1.807, 2.05) is 24.3 Å². The van der Waals surface area contributed by atoms with Crippen LogP contribution in [0.4, 0.5) is 0 Å². The van der Waals surface area contributed by atoms with E-state index in [0.29, 0.717) is 22.8 Å². The van der Waals surface area contributed by atoms with Crippen molar-refractivity contribution in [2.75, 3.05) is 7.05 Å². The zero-order valence-corrected chi connectivity index (χ0v) is 13.3. The number of aromatic nitrogens is 1. The lowest BCUT2D eigenvalue weighted by Gasteiger charge is -2.35. The van der Waals surface area contributed by atoms with E-state index >= 15 is 0 Å². The van der Waals surface area contributed by atoms with Gasteiger partial charge in [0, 0.05) is 35.8 Å². The standard InChI is InChI=1S/C17H19ClN2O2/c1-20-10-6-7-11(20)9-12(8-10)22-17(21)15-13-4-2-3-5-14(13)19-16(15)18/h2-5,10-12,19H,6-9H2,1H3. The van der Waals surface area contributed by atoms with Gasteiger partial charge in [-0.2, -0.15) is 0 Å². The van der Waals surface area contributed by atoms with Gasteiger partial charge in [-0.3, -0.25) is 0 Å². The lowest BCUT2D eigenvalue weighted by molar-refractivity contribution is -0.000241. The van der Waals surface area contributed by atoms with Crippen LogP contribution in [0.25, 0.3) is 10.9 Å². The van der Waals surface area contributed by atoms with Gasteiger partial charge in [0.2, 0.25) is 0 Å². The van der Waals surface area contributed by atoms with Gasteiger partial charge in [-0.15, -0.1) is 0 Å². The van der Waals surface area contributed by atoms with Crippen molar-refractivity contribution in [2.24, 2.45) is 0 Å². The van der Waals surface area contributed by atoms with E-state index in [4.69, 9.17) is 16.3 Å². The fourth-order valence-corrected chi connectivity index (χ4v) is 4.26. The van der Waals surface area contributed by atoms with Gasteiger partial charge in [0.05, 0.1) is 0 Å². The van der Waals surface area contributed by atoms with E-state index in [2.05, 4.69) is 16.9 Å². The van der Waals surface area contributed by atoms with Crippen molar-refractivity contribution in [2.45, 2.75) is 43.9 Å². The summed E-state index contributed by atoms with van der Waals surface area (Å²) in [6.07, 6.45) is 4.29. The van der Waals surface area contributed by atoms with Gasteiger partial charge in [0.15, 0.2) is 0 Å². The third-order valence-corrected chi connectivity index (χ3v) is 5.48. The molecule has 22 heavy (non-hydrogen) atoms. The summed E-state index contributed by atoms with van der Waals surface area (Å²) < 4.78 is 5.78. The molecule has 2 aliphatic heterocycles. The fraction of sp³-hybridized carbons (Fsp3) is 0.471. The molecule has 5 heteroatoms. The molecule has 2 aromatic rings. The van der Waals surface area contributed by atoms with Crippen molar-refractivity contribution >= 4 is 28.5 Å². The summed E-state index contributed by atoms with van der Waals surface area (Å²) in [6, 6.07) is 8.73. The highest BCUT2D eigenvalue weighted by Gasteiger charge is 2.40. The Morgan fingerprint density at radius 1 is 1.27 bits per heavy atom. The Morgan fingerprint density at radius 2 is 1.95 bits per heavy atom. The van der Waals surface area contributed by atoms with E-state index in [9.17, 15) is 4.79 Å². The number of nitrogens with zero attached hydrogens (tertiary/aromatic N) is 1. The smallest absolute Gasteiger partial charge is 0.342 e. The number of fused-ring (bicyclic) bond motifs is 3. The van der Waals surface area contributed by atoms with Crippen molar-refractivity contribution in [3.8, 4) is 0 Å². The molecule has 116 valence electrons. The molecule has 0 amide bonds. The van der Waals surface area contributed by atoms with Crippen LogP contribution >= 0.6 is 11.6 Å². The first-order valence-corrected chi connectivity index (χ1v) is 8.20. The number of esters is 1. The zero-order valence-electron chi connectivity index (χ0n) is 12.5. The SMILES string of the molecule is CN1C2CCC1CC(OC(=O)c1c(Cl)[nH]c3ccccc13)C2. The number of aromatic amines is 1. The molecule has 2 aliphatic rings. The molecule has 2 fully saturated rings. The van der Waals surface area contributed by atoms with Crippen LogP contribution in [0.5, 0.6) is 0 Å². The highest BCUT2D eigenvalue weighted by atomic mass is 35.5. The lowest BCUT2D eigenvalue weighted by atomic mass is 10.0. The van der Waals surface area contributed by atoms with Gasteiger partial charge in [0.25, 0.3) is 0 Å². The van der Waals surface area contributed by atoms with Gasteiger partial charge in [0.1, 0.15) is 16.8 Å². The second-order valence-corrected chi connectivity index (χ2v) is 6.79. The van der Waals surface area contributed by atoms with E-state index < -0.39 is 0 Å². The highest BCUT2D eigenvalue weighted by Crippen LogP contribution is 2.36. The maximum absolute atomic E-state index is 12.6. The van der Waals surface area contributed by atoms with Crippen LogP contribution in [0, 0.1) is 0 Å². The van der Waals surface area contributed by atoms with Gasteiger partial charge < -0.3 is 14.6 Å². The van der Waals surface area contributed by atoms with Crippen LogP contribution in [-0.2, 0) is 4.74 Å². The van der Waals surface area contributed by atoms with Gasteiger partial charge >= 0.3 is 5.97 Å². The number of halogens is 1. The summed E-state index contributed by atoms with van der Waals surface area (Å²) in [5, 5.41) is 1.19. The number of rotatable bonds is 2. The summed E-state index contributed by atoms with van der Waals surface area (Å²) >= 11 is 6.21. The second-order valence-electron chi connectivity index (χ2n) is 6.41. The minimum Gasteiger partial charge on any atom is -0.459 e. The average Bonchev–Trinajstić information content (AvgIpc) is 2.90. The van der Waals surface area contributed by atoms with Crippen molar-refractivity contribution in [3.63, 3.8) is 0 Å². The lowest BCUT2D eigenvalue weighted by Crippen LogP contribution is -2.43. The number of nitrogens with one attached hydrogen (secondary N) is 1. The van der Waals surface area contributed by atoms with Crippen LogP contribution in [0.2, 0.25) is 5.15 Å². The molecule has 4 nitrogen and oxygen atoms in total. The third-order valence-electron chi connectivity index (χ3n) is 5.19. The number of para-hydroxylation sites is 1. The maximum Gasteiger partial charge on any atom is 0.342 e. The molecule has 0 radical (unpaired) electrons. The van der Waals surface area contributed by atoms with E-state index in [1.54, 1.807) is 0 Å². The van der Waals surface area contributed by atoms with E-state index in [0.717, 1.165) is 23.7 Å². The molecule has 3 heterocycles. The Kier molecular flexibility index (Phi) is 3.39. The molecule has 2 bridgehead atoms. The molecule has 0 aliphatic carbocycles. The first kappa shape index (κ1) is 14.1. The normalized spacial score (nSPS) is 28.2. The molecule has 1 aromatic heterocycles. The summed E-state index contributed by atoms with van der Waals surface area (Å²) in [6.45, 7) is 0. The van der Waals surface area contributed by atoms with Crippen LogP contribution in [0.3, 0.4) is 0 Å². The van der Waals surface area contributed by atoms with E-state index in [1.165, 1.54) is 12.8 Å². The molecule has 1 N–H and O–H groups in total. The van der Waals surface area contributed by atoms with Crippen molar-refractivity contribution in [1.82, 2.24) is 9.88 Å². The number of ether oxygens (including phenoxy) is 1. The largest absolute Gasteiger partial charge is 0.459 e. The minimum atomic E-state index is -0.309. The highest BCUT2D eigenvalue weighted by molar-refractivity contribution is 6.34. The monoisotopic (exact) mass is 318 g/mol. The zero-order chi connectivity index (χ0) is 15.3. The Bertz CT molecular complexity index is 713. The molecule has 0 spiro atoms. The summed E-state index contributed by atoms with van der Waals surface area (Å²) in [5.41, 5.74) is 1.33. The van der Waals surface area contributed by atoms with Crippen LogP contribution in [0.15, 0.2) is 24.3 Å². The molecular weight excluding hydrogens is 300 g/mol. The molecular formula is C17H19ClN2O2. The van der Waals surface area contributed by atoms with Crippen LogP contribution in [-0.4, -0.2) is 41.1 Å². The number of piperidine rings is 1. The molecule has 2 unspecified atom stereocenters. The molecule has 1 aromatic carbocycles. The first-order valence-electron chi connectivity index (χ1n) is 7.82. The predicted octanol–water partition coefficient (Wildman–Crippen LogP) is 3.60. The quantitative estimate of drug-likeness (QED) is 0.860. The van der Waals surface area contributed by atoms with E-state index in [-0.39, 0.29) is 12.1 Å². The van der Waals surface area contributed by atoms with Crippen LogP contribution < -0.4 is 0 Å². The fourth-order valence-electron chi connectivity index (χ4n) is 3.98. The van der Waals surface area contributed by atoms with Gasteiger partial charge in [-0.1, -0.05) is 29.8 Å². The number of carbonyl (C=O) groups is 1. The van der Waals surface area contributed by atoms with Crippen molar-refractivity contribution < 1.29 is 9.53 Å². The number of hydrogen-bond donors (Lipinski definition) is 1. The minimum absolute atomic E-state index is 0.00549. The summed E-state index contributed by atoms with van der Waals surface area (Å²) in [4.78, 5) is 18.1. The molecule has 0 saturated carbocycles. The van der Waals surface area contributed by atoms with Crippen molar-refractivity contribution in [3.05, 3.63) is 35.0 Å². The third kappa shape index (κ3) is 2.22. The Morgan fingerprint density at radius 3 is 2.68 bits per heavy atom. The molecule has 2 saturated heterocycles. The molecule has 2 atom stereocenters. The van der Waals surface area contributed by atoms with Gasteiger partial charge in [-0.25, -0.2) is 4.79 Å². The number of benzene rings is 1. The Hall–Kier alpha value is -1.52. The number of hydrogen-bond acceptors (Lipinski definition) is 3. The Balaban J connectivity index is 1.56. The number of carbonyl (C=O) groups excluding carboxylic acids is 1. The topological polar surface area (TPSA) is 45.3 Å². The summed E-state index contributed by atoms with van der Waals surface area (Å²) in [5.74, 6) is -0.309. The maximum atomic E-state index is 12.6.